The Kier molecular flexibility index (Phi) is 4.79. The van der Waals surface area contributed by atoms with Crippen molar-refractivity contribution in [3.05, 3.63) is 59.7 Å². The maximum atomic E-state index is 10.6. The molecule has 0 aliphatic heterocycles. The van der Waals surface area contributed by atoms with Gasteiger partial charge in [0.2, 0.25) is 0 Å². The van der Waals surface area contributed by atoms with Gasteiger partial charge in [-0.1, -0.05) is 24.3 Å². The van der Waals surface area contributed by atoms with Gasteiger partial charge in [-0.15, -0.1) is 0 Å². The fourth-order valence-corrected chi connectivity index (χ4v) is 2.16. The minimum atomic E-state index is -0.912. The van der Waals surface area contributed by atoms with Crippen LogP contribution in [0.5, 0.6) is 11.5 Å². The van der Waals surface area contributed by atoms with E-state index in [9.17, 15) is 15.0 Å². The molecule has 2 aromatic rings. The lowest BCUT2D eigenvalue weighted by atomic mass is 9.91. The molecule has 0 atom stereocenters. The van der Waals surface area contributed by atoms with Crippen molar-refractivity contribution < 1.29 is 20.1 Å². The third-order valence-electron chi connectivity index (χ3n) is 3.22. The second-order valence-electron chi connectivity index (χ2n) is 4.76. The van der Waals surface area contributed by atoms with Gasteiger partial charge in [0.25, 0.3) is 0 Å². The first-order chi connectivity index (χ1) is 10.1. The lowest BCUT2D eigenvalue weighted by Crippen LogP contribution is -2.27. The summed E-state index contributed by atoms with van der Waals surface area (Å²) in [5.74, 6) is -0.612. The van der Waals surface area contributed by atoms with E-state index < -0.39 is 5.97 Å². The second-order valence-corrected chi connectivity index (χ2v) is 4.76. The largest absolute Gasteiger partial charge is 0.508 e. The van der Waals surface area contributed by atoms with Gasteiger partial charge in [-0.25, -0.2) is 0 Å². The van der Waals surface area contributed by atoms with Crippen molar-refractivity contribution in [1.82, 2.24) is 5.32 Å². The molecule has 110 valence electrons. The van der Waals surface area contributed by atoms with Gasteiger partial charge in [-0.2, -0.15) is 0 Å². The smallest absolute Gasteiger partial charge is 0.317 e. The number of hydrogen-bond acceptors (Lipinski definition) is 4. The highest BCUT2D eigenvalue weighted by Crippen LogP contribution is 2.26. The van der Waals surface area contributed by atoms with E-state index in [0.717, 1.165) is 11.1 Å². The Morgan fingerprint density at radius 1 is 0.905 bits per heavy atom. The number of hydrogen-bond donors (Lipinski definition) is 4. The summed E-state index contributed by atoms with van der Waals surface area (Å²) < 4.78 is 0. The molecule has 0 aliphatic carbocycles. The van der Waals surface area contributed by atoms with E-state index in [4.69, 9.17) is 5.11 Å². The Morgan fingerprint density at radius 2 is 1.33 bits per heavy atom. The molecule has 0 bridgehead atoms. The standard InChI is InChI=1S/C16H17NO4/c18-13-5-1-11(2-6-13)15(9-17-10-16(20)21)12-3-7-14(19)8-4-12/h1-8,15,17-19H,9-10H2,(H,20,21). The molecule has 5 nitrogen and oxygen atoms in total. The summed E-state index contributed by atoms with van der Waals surface area (Å²) in [5, 5.41) is 30.3. The number of phenolic OH excluding ortho intramolecular Hbond substituents is 2. The summed E-state index contributed by atoms with van der Waals surface area (Å²) in [6.45, 7) is 0.328. The predicted octanol–water partition coefficient (Wildman–Crippen LogP) is 1.90. The molecular weight excluding hydrogens is 270 g/mol. The fourth-order valence-electron chi connectivity index (χ4n) is 2.16. The van der Waals surface area contributed by atoms with Gasteiger partial charge in [0.15, 0.2) is 0 Å². The Bertz CT molecular complexity index is 547. The first-order valence-corrected chi connectivity index (χ1v) is 6.56. The third-order valence-corrected chi connectivity index (χ3v) is 3.22. The van der Waals surface area contributed by atoms with Crippen molar-refractivity contribution in [3.63, 3.8) is 0 Å². The van der Waals surface area contributed by atoms with Gasteiger partial charge in [0.05, 0.1) is 6.54 Å². The first-order valence-electron chi connectivity index (χ1n) is 6.56. The van der Waals surface area contributed by atoms with Gasteiger partial charge < -0.3 is 20.6 Å². The molecule has 21 heavy (non-hydrogen) atoms. The molecule has 4 N–H and O–H groups in total. The summed E-state index contributed by atoms with van der Waals surface area (Å²) in [6.07, 6.45) is 0. The van der Waals surface area contributed by atoms with Crippen molar-refractivity contribution >= 4 is 5.97 Å². The number of phenols is 2. The van der Waals surface area contributed by atoms with Crippen molar-refractivity contribution in [1.29, 1.82) is 0 Å². The Labute approximate surface area is 122 Å². The number of benzene rings is 2. The highest BCUT2D eigenvalue weighted by molar-refractivity contribution is 5.69. The number of carboxylic acids is 1. The molecule has 0 aromatic heterocycles. The lowest BCUT2D eigenvalue weighted by molar-refractivity contribution is -0.135. The van der Waals surface area contributed by atoms with Crippen LogP contribution in [0, 0.1) is 0 Å². The normalized spacial score (nSPS) is 10.7. The topological polar surface area (TPSA) is 89.8 Å². The molecule has 0 radical (unpaired) electrons. The van der Waals surface area contributed by atoms with Crippen LogP contribution >= 0.6 is 0 Å². The average Bonchev–Trinajstić information content (AvgIpc) is 2.46. The molecule has 0 heterocycles. The number of aromatic hydroxyl groups is 2. The Morgan fingerprint density at radius 3 is 1.71 bits per heavy atom. The molecule has 5 heteroatoms. The summed E-state index contributed by atoms with van der Waals surface area (Å²) in [7, 11) is 0. The summed E-state index contributed by atoms with van der Waals surface area (Å²) in [6, 6.07) is 13.6. The van der Waals surface area contributed by atoms with Crippen LogP contribution in [0.4, 0.5) is 0 Å². The minimum Gasteiger partial charge on any atom is -0.508 e. The maximum absolute atomic E-state index is 10.6. The van der Waals surface area contributed by atoms with Crippen LogP contribution in [-0.2, 0) is 4.79 Å². The summed E-state index contributed by atoms with van der Waals surface area (Å²) >= 11 is 0. The molecule has 0 unspecified atom stereocenters. The molecule has 0 saturated carbocycles. The minimum absolute atomic E-state index is 0.0643. The first kappa shape index (κ1) is 14.9. The molecule has 2 rings (SSSR count). The van der Waals surface area contributed by atoms with E-state index in [1.54, 1.807) is 48.5 Å². The van der Waals surface area contributed by atoms with Crippen molar-refractivity contribution in [2.45, 2.75) is 5.92 Å². The Balaban J connectivity index is 2.22. The lowest BCUT2D eigenvalue weighted by Gasteiger charge is -2.18. The average molecular weight is 287 g/mol. The number of rotatable bonds is 6. The van der Waals surface area contributed by atoms with Crippen LogP contribution < -0.4 is 5.32 Å². The van der Waals surface area contributed by atoms with Crippen molar-refractivity contribution in [3.8, 4) is 11.5 Å². The van der Waals surface area contributed by atoms with Crippen LogP contribution in [0.1, 0.15) is 17.0 Å². The molecule has 0 fully saturated rings. The Hall–Kier alpha value is -2.53. The molecule has 0 amide bonds. The van der Waals surface area contributed by atoms with Gasteiger partial charge in [0.1, 0.15) is 11.5 Å². The summed E-state index contributed by atoms with van der Waals surface area (Å²) in [4.78, 5) is 10.6. The van der Waals surface area contributed by atoms with Crippen LogP contribution in [-0.4, -0.2) is 34.4 Å². The van der Waals surface area contributed by atoms with Gasteiger partial charge in [0, 0.05) is 12.5 Å². The zero-order valence-electron chi connectivity index (χ0n) is 11.4. The number of nitrogens with one attached hydrogen (secondary N) is 1. The molecule has 0 saturated heterocycles. The highest BCUT2D eigenvalue weighted by Gasteiger charge is 2.14. The van der Waals surface area contributed by atoms with E-state index in [0.29, 0.717) is 6.54 Å². The zero-order chi connectivity index (χ0) is 15.2. The van der Waals surface area contributed by atoms with Gasteiger partial charge >= 0.3 is 5.97 Å². The van der Waals surface area contributed by atoms with E-state index in [-0.39, 0.29) is 24.0 Å². The second kappa shape index (κ2) is 6.76. The molecule has 0 aliphatic rings. The van der Waals surface area contributed by atoms with Gasteiger partial charge in [-0.3, -0.25) is 4.79 Å². The van der Waals surface area contributed by atoms with Crippen molar-refractivity contribution in [2.75, 3.05) is 13.1 Å². The highest BCUT2D eigenvalue weighted by atomic mass is 16.4. The quantitative estimate of drug-likeness (QED) is 0.651. The summed E-state index contributed by atoms with van der Waals surface area (Å²) in [5.41, 5.74) is 1.91. The molecule has 2 aromatic carbocycles. The molecular formula is C16H17NO4. The fraction of sp³-hybridized carbons (Fsp3) is 0.188. The van der Waals surface area contributed by atoms with Crippen LogP contribution in [0.2, 0.25) is 0 Å². The number of carbonyl (C=O) groups is 1. The maximum Gasteiger partial charge on any atom is 0.317 e. The van der Waals surface area contributed by atoms with E-state index >= 15 is 0 Å². The van der Waals surface area contributed by atoms with Gasteiger partial charge in [-0.05, 0) is 35.4 Å². The molecule has 0 spiro atoms. The van der Waals surface area contributed by atoms with E-state index in [2.05, 4.69) is 5.32 Å². The number of aliphatic carboxylic acids is 1. The monoisotopic (exact) mass is 287 g/mol. The predicted molar refractivity (Wildman–Crippen MR) is 78.6 cm³/mol. The zero-order valence-corrected chi connectivity index (χ0v) is 11.4. The SMILES string of the molecule is O=C(O)CNCC(c1ccc(O)cc1)c1ccc(O)cc1. The van der Waals surface area contributed by atoms with E-state index in [1.807, 2.05) is 0 Å². The third kappa shape index (κ3) is 4.22. The van der Waals surface area contributed by atoms with Crippen molar-refractivity contribution in [2.24, 2.45) is 0 Å². The van der Waals surface area contributed by atoms with Crippen LogP contribution in [0.25, 0.3) is 0 Å². The van der Waals surface area contributed by atoms with E-state index in [1.165, 1.54) is 0 Å². The van der Waals surface area contributed by atoms with Crippen LogP contribution in [0.15, 0.2) is 48.5 Å². The number of carboxylic acid groups (broad SMARTS) is 1. The van der Waals surface area contributed by atoms with Crippen LogP contribution in [0.3, 0.4) is 0 Å².